The van der Waals surface area contributed by atoms with Crippen molar-refractivity contribution >= 4 is 27.5 Å². The van der Waals surface area contributed by atoms with Crippen molar-refractivity contribution in [1.82, 2.24) is 0 Å². The van der Waals surface area contributed by atoms with E-state index in [1.54, 1.807) is 6.07 Å². The Hall–Kier alpha value is 0.260. The monoisotopic (exact) mass is 153 g/mol. The molecule has 3 heteroatoms. The molecule has 0 N–H and O–H groups in total. The van der Waals surface area contributed by atoms with E-state index in [2.05, 4.69) is 15.9 Å². The lowest BCUT2D eigenvalue weighted by atomic mass is 10.9. The standard InChI is InChI=1S/C2HBrClN/c3-2(4)1-5/h2H. The van der Waals surface area contributed by atoms with Crippen molar-refractivity contribution in [2.45, 2.75) is 4.29 Å². The Kier molecular flexibility index (Phi) is 2.62. The van der Waals surface area contributed by atoms with Gasteiger partial charge in [-0.3, -0.25) is 0 Å². The van der Waals surface area contributed by atoms with E-state index >= 15 is 0 Å². The quantitative estimate of drug-likeness (QED) is 0.485. The van der Waals surface area contributed by atoms with Crippen LogP contribution < -0.4 is 0 Å². The zero-order valence-corrected chi connectivity index (χ0v) is 4.62. The highest BCUT2D eigenvalue weighted by Gasteiger charge is 1.85. The normalized spacial score (nSPS) is 13.0. The lowest BCUT2D eigenvalue weighted by Gasteiger charge is -1.70. The molecule has 0 spiro atoms. The molecule has 0 aliphatic rings. The Morgan fingerprint density at radius 3 is 2.20 bits per heavy atom. The number of rotatable bonds is 0. The maximum absolute atomic E-state index is 7.71. The molecular formula is C2HBrClN. The molecular weight excluding hydrogens is 153 g/mol. The van der Waals surface area contributed by atoms with Crippen LogP contribution in [0.4, 0.5) is 0 Å². The summed E-state index contributed by atoms with van der Waals surface area (Å²) in [6.45, 7) is 0. The van der Waals surface area contributed by atoms with Crippen LogP contribution in [-0.2, 0) is 0 Å². The number of nitriles is 1. The molecule has 5 heavy (non-hydrogen) atoms. The number of nitrogens with zero attached hydrogens (tertiary/aromatic N) is 1. The van der Waals surface area contributed by atoms with Gasteiger partial charge in [-0.2, -0.15) is 5.26 Å². The molecule has 0 heterocycles. The van der Waals surface area contributed by atoms with Crippen LogP contribution in [0.25, 0.3) is 0 Å². The van der Waals surface area contributed by atoms with Gasteiger partial charge in [0.15, 0.2) is 4.29 Å². The third kappa shape index (κ3) is 4.26. The fraction of sp³-hybridized carbons (Fsp3) is 0.500. The van der Waals surface area contributed by atoms with Gasteiger partial charge in [0.25, 0.3) is 0 Å². The van der Waals surface area contributed by atoms with Gasteiger partial charge in [0.05, 0.1) is 6.07 Å². The van der Waals surface area contributed by atoms with E-state index in [-0.39, 0.29) is 0 Å². The van der Waals surface area contributed by atoms with Gasteiger partial charge < -0.3 is 0 Å². The Balaban J connectivity index is 2.94. The zero-order valence-electron chi connectivity index (χ0n) is 2.28. The topological polar surface area (TPSA) is 23.8 Å². The van der Waals surface area contributed by atoms with Gasteiger partial charge in [0, 0.05) is 0 Å². The first-order valence-corrected chi connectivity index (χ1v) is 2.30. The van der Waals surface area contributed by atoms with Crippen LogP contribution in [0.2, 0.25) is 0 Å². The Labute approximate surface area is 43.7 Å². The molecule has 0 fully saturated rings. The van der Waals surface area contributed by atoms with Crippen LogP contribution in [0.5, 0.6) is 0 Å². The Bertz CT molecular complexity index is 55.2. The SMILES string of the molecule is N#CC(Cl)Br. The summed E-state index contributed by atoms with van der Waals surface area (Å²) >= 11 is 7.80. The fourth-order valence-electron chi connectivity index (χ4n) is 0. The lowest BCUT2D eigenvalue weighted by Crippen LogP contribution is -1.69. The van der Waals surface area contributed by atoms with Gasteiger partial charge in [-0.15, -0.1) is 0 Å². The van der Waals surface area contributed by atoms with E-state index in [0.29, 0.717) is 0 Å². The molecule has 0 amide bonds. The van der Waals surface area contributed by atoms with Gasteiger partial charge in [0.1, 0.15) is 0 Å². The third-order valence-electron chi connectivity index (χ3n) is 0.0976. The Morgan fingerprint density at radius 1 is 2.00 bits per heavy atom. The van der Waals surface area contributed by atoms with Crippen molar-refractivity contribution in [3.05, 3.63) is 0 Å². The number of hydrogen-bond donors (Lipinski definition) is 0. The van der Waals surface area contributed by atoms with Crippen molar-refractivity contribution in [2.75, 3.05) is 0 Å². The Morgan fingerprint density at radius 2 is 2.20 bits per heavy atom. The van der Waals surface area contributed by atoms with Gasteiger partial charge in [-0.25, -0.2) is 0 Å². The molecule has 0 aromatic heterocycles. The molecule has 0 saturated carbocycles. The summed E-state index contributed by atoms with van der Waals surface area (Å²) < 4.78 is -0.525. The molecule has 0 aromatic rings. The molecule has 0 saturated heterocycles. The fourth-order valence-corrected chi connectivity index (χ4v) is 0. The maximum Gasteiger partial charge on any atom is 0.174 e. The average molecular weight is 154 g/mol. The molecule has 28 valence electrons. The van der Waals surface area contributed by atoms with Gasteiger partial charge >= 0.3 is 0 Å². The van der Waals surface area contributed by atoms with E-state index in [9.17, 15) is 0 Å². The van der Waals surface area contributed by atoms with Crippen LogP contribution in [0.3, 0.4) is 0 Å². The van der Waals surface area contributed by atoms with Crippen molar-refractivity contribution < 1.29 is 0 Å². The molecule has 0 aliphatic carbocycles. The van der Waals surface area contributed by atoms with E-state index in [0.717, 1.165) is 0 Å². The van der Waals surface area contributed by atoms with Crippen molar-refractivity contribution in [3.63, 3.8) is 0 Å². The minimum Gasteiger partial charge on any atom is -0.196 e. The summed E-state index contributed by atoms with van der Waals surface area (Å²) in [7, 11) is 0. The summed E-state index contributed by atoms with van der Waals surface area (Å²) in [4.78, 5) is 0. The number of alkyl halides is 2. The second kappa shape index (κ2) is 2.49. The van der Waals surface area contributed by atoms with Crippen molar-refractivity contribution in [2.24, 2.45) is 0 Å². The first-order valence-electron chi connectivity index (χ1n) is 0.949. The predicted molar refractivity (Wildman–Crippen MR) is 24.2 cm³/mol. The van der Waals surface area contributed by atoms with E-state index in [4.69, 9.17) is 16.9 Å². The summed E-state index contributed by atoms with van der Waals surface area (Å²) in [6, 6.07) is 1.71. The highest BCUT2D eigenvalue weighted by atomic mass is 79.9. The van der Waals surface area contributed by atoms with Gasteiger partial charge in [-0.05, 0) is 0 Å². The van der Waals surface area contributed by atoms with Gasteiger partial charge in [-0.1, -0.05) is 27.5 Å². The molecule has 1 atom stereocenters. The zero-order chi connectivity index (χ0) is 4.28. The smallest absolute Gasteiger partial charge is 0.174 e. The molecule has 1 unspecified atom stereocenters. The number of hydrogen-bond acceptors (Lipinski definition) is 1. The van der Waals surface area contributed by atoms with Gasteiger partial charge in [0.2, 0.25) is 0 Å². The van der Waals surface area contributed by atoms with Crippen LogP contribution >= 0.6 is 27.5 Å². The second-order valence-electron chi connectivity index (χ2n) is 0.430. The number of halogens is 2. The summed E-state index contributed by atoms with van der Waals surface area (Å²) in [5.74, 6) is 0. The van der Waals surface area contributed by atoms with Crippen molar-refractivity contribution in [3.8, 4) is 6.07 Å². The summed E-state index contributed by atoms with van der Waals surface area (Å²) in [6.07, 6.45) is 0. The van der Waals surface area contributed by atoms with E-state index in [1.165, 1.54) is 0 Å². The van der Waals surface area contributed by atoms with Crippen molar-refractivity contribution in [1.29, 1.82) is 5.26 Å². The van der Waals surface area contributed by atoms with E-state index in [1.807, 2.05) is 0 Å². The van der Waals surface area contributed by atoms with Crippen LogP contribution in [-0.4, -0.2) is 4.29 Å². The molecule has 0 aromatic carbocycles. The molecule has 0 aliphatic heterocycles. The highest BCUT2D eigenvalue weighted by molar-refractivity contribution is 9.10. The average Bonchev–Trinajstić information content (AvgIpc) is 1.38. The van der Waals surface area contributed by atoms with Crippen LogP contribution in [0.1, 0.15) is 0 Å². The summed E-state index contributed by atoms with van der Waals surface area (Å²) in [5, 5.41) is 7.71. The minimum atomic E-state index is -0.525. The van der Waals surface area contributed by atoms with E-state index < -0.39 is 4.29 Å². The molecule has 0 radical (unpaired) electrons. The highest BCUT2D eigenvalue weighted by Crippen LogP contribution is 1.99. The third-order valence-corrected chi connectivity index (χ3v) is 0.400. The molecule has 0 bridgehead atoms. The first-order chi connectivity index (χ1) is 2.27. The molecule has 0 rings (SSSR count). The minimum absolute atomic E-state index is 0.525. The first kappa shape index (κ1) is 5.26. The lowest BCUT2D eigenvalue weighted by molar-refractivity contribution is 1.47. The second-order valence-corrected chi connectivity index (χ2v) is 2.31. The van der Waals surface area contributed by atoms with Crippen LogP contribution in [0.15, 0.2) is 0 Å². The largest absolute Gasteiger partial charge is 0.196 e. The molecule has 1 nitrogen and oxygen atoms in total. The maximum atomic E-state index is 7.71. The predicted octanol–water partition coefficient (Wildman–Crippen LogP) is 1.47. The summed E-state index contributed by atoms with van der Waals surface area (Å²) in [5.41, 5.74) is 0. The van der Waals surface area contributed by atoms with Crippen LogP contribution in [0, 0.1) is 11.3 Å².